The number of hydrogen-bond acceptors (Lipinski definition) is 5. The van der Waals surface area contributed by atoms with Gasteiger partial charge in [-0.2, -0.15) is 0 Å². The van der Waals surface area contributed by atoms with E-state index in [0.717, 1.165) is 31.7 Å². The third kappa shape index (κ3) is 3.11. The van der Waals surface area contributed by atoms with Crippen molar-refractivity contribution in [3.63, 3.8) is 0 Å². The number of hydrogen-bond donors (Lipinski definition) is 1. The van der Waals surface area contributed by atoms with E-state index in [1.54, 1.807) is 6.07 Å². The highest BCUT2D eigenvalue weighted by Gasteiger charge is 2.24. The van der Waals surface area contributed by atoms with Crippen molar-refractivity contribution in [3.8, 4) is 0 Å². The molecule has 1 aromatic carbocycles. The molecule has 1 aliphatic rings. The molecular weight excluding hydrogens is 254 g/mol. The fourth-order valence-corrected chi connectivity index (χ4v) is 2.73. The normalized spacial score (nSPS) is 20.9. The molecule has 0 radical (unpaired) electrons. The average Bonchev–Trinajstić information content (AvgIpc) is 2.41. The molecule has 0 bridgehead atoms. The van der Waals surface area contributed by atoms with Gasteiger partial charge in [0.15, 0.2) is 0 Å². The van der Waals surface area contributed by atoms with Gasteiger partial charge in [0, 0.05) is 37.9 Å². The Balaban J connectivity index is 2.21. The first-order valence-electron chi connectivity index (χ1n) is 6.91. The fraction of sp³-hybridized carbons (Fsp3) is 0.533. The van der Waals surface area contributed by atoms with Gasteiger partial charge >= 0.3 is 5.97 Å². The quantitative estimate of drug-likeness (QED) is 0.664. The number of benzene rings is 1. The standard InChI is InChI=1S/C15H23N3O2/c1-11-9-17(2)7-8-18(11)10-12-5-4-6-13(16)14(12)15(19)20-3/h4-6,11H,7-10,16H2,1-3H3. The smallest absolute Gasteiger partial charge is 0.340 e. The van der Waals surface area contributed by atoms with Crippen LogP contribution in [-0.4, -0.2) is 55.6 Å². The highest BCUT2D eigenvalue weighted by Crippen LogP contribution is 2.21. The summed E-state index contributed by atoms with van der Waals surface area (Å²) in [7, 11) is 3.52. The van der Waals surface area contributed by atoms with E-state index in [4.69, 9.17) is 10.5 Å². The van der Waals surface area contributed by atoms with Gasteiger partial charge in [0.25, 0.3) is 0 Å². The number of nitrogen functional groups attached to an aromatic ring is 1. The van der Waals surface area contributed by atoms with E-state index in [9.17, 15) is 4.79 Å². The van der Waals surface area contributed by atoms with Crippen LogP contribution in [0.15, 0.2) is 18.2 Å². The van der Waals surface area contributed by atoms with E-state index in [0.29, 0.717) is 17.3 Å². The van der Waals surface area contributed by atoms with Crippen molar-refractivity contribution in [3.05, 3.63) is 29.3 Å². The summed E-state index contributed by atoms with van der Waals surface area (Å²) in [6.07, 6.45) is 0. The molecule has 1 aliphatic heterocycles. The number of likely N-dealkylation sites (N-methyl/N-ethyl adjacent to an activating group) is 1. The molecule has 1 saturated heterocycles. The molecule has 0 spiro atoms. The van der Waals surface area contributed by atoms with Crippen molar-refractivity contribution >= 4 is 11.7 Å². The summed E-state index contributed by atoms with van der Waals surface area (Å²) >= 11 is 0. The van der Waals surface area contributed by atoms with Crippen LogP contribution in [0.5, 0.6) is 0 Å². The van der Waals surface area contributed by atoms with E-state index in [-0.39, 0.29) is 5.97 Å². The zero-order chi connectivity index (χ0) is 14.7. The van der Waals surface area contributed by atoms with E-state index < -0.39 is 0 Å². The molecule has 0 aromatic heterocycles. The molecule has 0 aliphatic carbocycles. The summed E-state index contributed by atoms with van der Waals surface area (Å²) in [6.45, 7) is 6.01. The van der Waals surface area contributed by atoms with E-state index >= 15 is 0 Å². The predicted octanol–water partition coefficient (Wildman–Crippen LogP) is 1.19. The number of carbonyl (C=O) groups excluding carboxylic acids is 1. The van der Waals surface area contributed by atoms with Crippen molar-refractivity contribution in [2.45, 2.75) is 19.5 Å². The van der Waals surface area contributed by atoms with Crippen molar-refractivity contribution in [1.29, 1.82) is 0 Å². The van der Waals surface area contributed by atoms with Crippen LogP contribution < -0.4 is 5.73 Å². The minimum atomic E-state index is -0.361. The molecule has 1 aromatic rings. The molecule has 110 valence electrons. The first-order valence-corrected chi connectivity index (χ1v) is 6.91. The molecule has 1 heterocycles. The van der Waals surface area contributed by atoms with Gasteiger partial charge in [-0.1, -0.05) is 12.1 Å². The number of methoxy groups -OCH3 is 1. The second-order valence-electron chi connectivity index (χ2n) is 5.45. The van der Waals surface area contributed by atoms with Crippen LogP contribution in [-0.2, 0) is 11.3 Å². The molecular formula is C15H23N3O2. The third-order valence-electron chi connectivity index (χ3n) is 3.91. The SMILES string of the molecule is COC(=O)c1c(N)cccc1CN1CCN(C)CC1C. The maximum absolute atomic E-state index is 11.9. The number of ether oxygens (including phenoxy) is 1. The number of nitrogens with two attached hydrogens (primary N) is 1. The summed E-state index contributed by atoms with van der Waals surface area (Å²) in [4.78, 5) is 16.6. The van der Waals surface area contributed by atoms with E-state index in [2.05, 4.69) is 23.8 Å². The van der Waals surface area contributed by atoms with Crippen LogP contribution in [0.3, 0.4) is 0 Å². The molecule has 20 heavy (non-hydrogen) atoms. The molecule has 5 nitrogen and oxygen atoms in total. The van der Waals surface area contributed by atoms with Gasteiger partial charge in [0.1, 0.15) is 0 Å². The minimum absolute atomic E-state index is 0.361. The van der Waals surface area contributed by atoms with Crippen LogP contribution >= 0.6 is 0 Å². The van der Waals surface area contributed by atoms with Gasteiger partial charge in [-0.3, -0.25) is 4.90 Å². The van der Waals surface area contributed by atoms with Gasteiger partial charge < -0.3 is 15.4 Å². The fourth-order valence-electron chi connectivity index (χ4n) is 2.73. The summed E-state index contributed by atoms with van der Waals surface area (Å²) in [5.74, 6) is -0.361. The van der Waals surface area contributed by atoms with Crippen LogP contribution in [0.4, 0.5) is 5.69 Å². The van der Waals surface area contributed by atoms with Crippen LogP contribution in [0, 0.1) is 0 Å². The van der Waals surface area contributed by atoms with Crippen molar-refractivity contribution in [2.75, 3.05) is 39.5 Å². The van der Waals surface area contributed by atoms with Crippen molar-refractivity contribution in [1.82, 2.24) is 9.80 Å². The minimum Gasteiger partial charge on any atom is -0.465 e. The Morgan fingerprint density at radius 1 is 1.45 bits per heavy atom. The lowest BCUT2D eigenvalue weighted by Crippen LogP contribution is -2.49. The van der Waals surface area contributed by atoms with Gasteiger partial charge in [0.2, 0.25) is 0 Å². The predicted molar refractivity (Wildman–Crippen MR) is 79.6 cm³/mol. The first-order chi connectivity index (χ1) is 9.52. The van der Waals surface area contributed by atoms with Crippen molar-refractivity contribution in [2.24, 2.45) is 0 Å². The maximum Gasteiger partial charge on any atom is 0.340 e. The summed E-state index contributed by atoms with van der Waals surface area (Å²) in [6, 6.07) is 6.04. The Labute approximate surface area is 120 Å². The molecule has 5 heteroatoms. The number of anilines is 1. The molecule has 2 rings (SSSR count). The summed E-state index contributed by atoms with van der Waals surface area (Å²) in [5.41, 5.74) is 7.85. The van der Waals surface area contributed by atoms with Crippen LogP contribution in [0.1, 0.15) is 22.8 Å². The van der Waals surface area contributed by atoms with Gasteiger partial charge in [-0.05, 0) is 25.6 Å². The summed E-state index contributed by atoms with van der Waals surface area (Å²) < 4.78 is 4.85. The summed E-state index contributed by atoms with van der Waals surface area (Å²) in [5, 5.41) is 0. The number of carbonyl (C=O) groups is 1. The zero-order valence-electron chi connectivity index (χ0n) is 12.4. The Morgan fingerprint density at radius 2 is 2.20 bits per heavy atom. The number of piperazine rings is 1. The second kappa shape index (κ2) is 6.24. The van der Waals surface area contributed by atoms with Crippen molar-refractivity contribution < 1.29 is 9.53 Å². The lowest BCUT2D eigenvalue weighted by molar-refractivity contribution is 0.0594. The average molecular weight is 277 g/mol. The van der Waals surface area contributed by atoms with Gasteiger partial charge in [-0.25, -0.2) is 4.79 Å². The number of nitrogens with zero attached hydrogens (tertiary/aromatic N) is 2. The second-order valence-corrected chi connectivity index (χ2v) is 5.45. The van der Waals surface area contributed by atoms with E-state index in [1.165, 1.54) is 7.11 Å². The molecule has 1 fully saturated rings. The number of rotatable bonds is 3. The molecule has 0 amide bonds. The topological polar surface area (TPSA) is 58.8 Å². The van der Waals surface area contributed by atoms with Gasteiger partial charge in [0.05, 0.1) is 12.7 Å². The Kier molecular flexibility index (Phi) is 4.62. The Hall–Kier alpha value is -1.59. The first kappa shape index (κ1) is 14.8. The molecule has 0 saturated carbocycles. The monoisotopic (exact) mass is 277 g/mol. The van der Waals surface area contributed by atoms with Crippen LogP contribution in [0.2, 0.25) is 0 Å². The lowest BCUT2D eigenvalue weighted by atomic mass is 10.0. The largest absolute Gasteiger partial charge is 0.465 e. The van der Waals surface area contributed by atoms with Crippen LogP contribution in [0.25, 0.3) is 0 Å². The number of esters is 1. The zero-order valence-corrected chi connectivity index (χ0v) is 12.4. The highest BCUT2D eigenvalue weighted by atomic mass is 16.5. The lowest BCUT2D eigenvalue weighted by Gasteiger charge is -2.38. The van der Waals surface area contributed by atoms with Gasteiger partial charge in [-0.15, -0.1) is 0 Å². The molecule has 2 N–H and O–H groups in total. The Morgan fingerprint density at radius 3 is 2.85 bits per heavy atom. The Bertz CT molecular complexity index is 490. The van der Waals surface area contributed by atoms with E-state index in [1.807, 2.05) is 12.1 Å². The molecule has 1 unspecified atom stereocenters. The highest BCUT2D eigenvalue weighted by molar-refractivity contribution is 5.96. The molecule has 1 atom stereocenters. The third-order valence-corrected chi connectivity index (χ3v) is 3.91. The maximum atomic E-state index is 11.9.